The maximum Gasteiger partial charge on any atom is 0.228 e. The molecule has 2 aromatic rings. The van der Waals surface area contributed by atoms with Gasteiger partial charge in [0.2, 0.25) is 15.9 Å². The second-order valence-electron chi connectivity index (χ2n) is 7.16. The number of piperidine rings is 1. The van der Waals surface area contributed by atoms with E-state index < -0.39 is 10.0 Å². The third-order valence-electron chi connectivity index (χ3n) is 4.80. The van der Waals surface area contributed by atoms with Crippen LogP contribution in [0, 0.1) is 0 Å². The molecule has 28 heavy (non-hydrogen) atoms. The molecule has 0 radical (unpaired) electrons. The molecule has 8 heteroatoms. The van der Waals surface area contributed by atoms with Gasteiger partial charge in [0.1, 0.15) is 0 Å². The number of sulfonamides is 1. The minimum absolute atomic E-state index is 0.0615. The molecule has 0 spiro atoms. The van der Waals surface area contributed by atoms with Crippen molar-refractivity contribution in [2.75, 3.05) is 18.8 Å². The van der Waals surface area contributed by atoms with Crippen LogP contribution in [0.4, 0.5) is 0 Å². The van der Waals surface area contributed by atoms with Crippen LogP contribution in [0.2, 0.25) is 0 Å². The summed E-state index contributed by atoms with van der Waals surface area (Å²) in [4.78, 5) is 19.0. The fourth-order valence-corrected chi connectivity index (χ4v) is 5.60. The van der Waals surface area contributed by atoms with Gasteiger partial charge in [-0.05, 0) is 24.8 Å². The Bertz CT molecular complexity index is 873. The van der Waals surface area contributed by atoms with E-state index in [1.54, 1.807) is 11.3 Å². The molecule has 1 aromatic carbocycles. The zero-order valence-electron chi connectivity index (χ0n) is 16.1. The van der Waals surface area contributed by atoms with Crippen LogP contribution in [0.1, 0.15) is 42.5 Å². The fraction of sp³-hybridized carbons (Fsp3) is 0.500. The summed E-state index contributed by atoms with van der Waals surface area (Å²) in [7, 11) is -3.20. The molecule has 1 aliphatic heterocycles. The average Bonchev–Trinajstić information content (AvgIpc) is 3.09. The molecule has 1 N–H and O–H groups in total. The largest absolute Gasteiger partial charge is 0.342 e. The number of benzene rings is 1. The maximum absolute atomic E-state index is 12.6. The third-order valence-corrected chi connectivity index (χ3v) is 7.33. The van der Waals surface area contributed by atoms with Crippen LogP contribution < -0.4 is 4.72 Å². The van der Waals surface area contributed by atoms with Crippen molar-refractivity contribution in [2.24, 2.45) is 0 Å². The van der Waals surface area contributed by atoms with Gasteiger partial charge >= 0.3 is 0 Å². The van der Waals surface area contributed by atoms with Gasteiger partial charge in [0.25, 0.3) is 0 Å². The van der Waals surface area contributed by atoms with Gasteiger partial charge in [-0.1, -0.05) is 37.3 Å². The van der Waals surface area contributed by atoms with Crippen molar-refractivity contribution in [2.45, 2.75) is 45.1 Å². The van der Waals surface area contributed by atoms with E-state index in [2.05, 4.69) is 21.8 Å². The Labute approximate surface area is 171 Å². The summed E-state index contributed by atoms with van der Waals surface area (Å²) in [5, 5.41) is 2.97. The molecule has 1 fully saturated rings. The molecule has 6 nitrogen and oxygen atoms in total. The predicted molar refractivity (Wildman–Crippen MR) is 112 cm³/mol. The zero-order chi connectivity index (χ0) is 20.0. The van der Waals surface area contributed by atoms with Gasteiger partial charge in [-0.25, -0.2) is 18.1 Å². The Kier molecular flexibility index (Phi) is 7.20. The first kappa shape index (κ1) is 21.0. The van der Waals surface area contributed by atoms with E-state index in [0.717, 1.165) is 17.1 Å². The monoisotopic (exact) mass is 421 g/mol. The summed E-state index contributed by atoms with van der Waals surface area (Å²) in [6, 6.07) is 10.1. The first-order valence-corrected chi connectivity index (χ1v) is 12.2. The van der Waals surface area contributed by atoms with Crippen LogP contribution >= 0.6 is 11.3 Å². The van der Waals surface area contributed by atoms with Crippen LogP contribution in [0.5, 0.6) is 0 Å². The van der Waals surface area contributed by atoms with Gasteiger partial charge in [0.05, 0.1) is 22.9 Å². The highest BCUT2D eigenvalue weighted by molar-refractivity contribution is 7.89. The highest BCUT2D eigenvalue weighted by Crippen LogP contribution is 2.17. The van der Waals surface area contributed by atoms with Gasteiger partial charge in [-0.2, -0.15) is 0 Å². The number of likely N-dealkylation sites (tertiary alicyclic amines) is 1. The lowest BCUT2D eigenvalue weighted by Crippen LogP contribution is -2.47. The summed E-state index contributed by atoms with van der Waals surface area (Å²) >= 11 is 1.59. The predicted octanol–water partition coefficient (Wildman–Crippen LogP) is 2.60. The lowest BCUT2D eigenvalue weighted by Gasteiger charge is -2.32. The highest BCUT2D eigenvalue weighted by atomic mass is 32.2. The lowest BCUT2D eigenvalue weighted by molar-refractivity contribution is -0.131. The Balaban J connectivity index is 1.47. The standard InChI is InChI=1S/C20H27N3O3S2/c1-2-12-28(25,26)22-17-8-10-23(11-9-17)20(24)14-18-15-27-19(21-18)13-16-6-4-3-5-7-16/h3-7,15,17,22H,2,8-14H2,1H3. The molecule has 0 aliphatic carbocycles. The number of hydrogen-bond acceptors (Lipinski definition) is 5. The van der Waals surface area contributed by atoms with Crippen LogP contribution in [0.25, 0.3) is 0 Å². The highest BCUT2D eigenvalue weighted by Gasteiger charge is 2.26. The molecular formula is C20H27N3O3S2. The number of carbonyl (C=O) groups is 1. The van der Waals surface area contributed by atoms with E-state index in [4.69, 9.17) is 0 Å². The fourth-order valence-electron chi connectivity index (χ4n) is 3.38. The topological polar surface area (TPSA) is 79.4 Å². The molecule has 3 rings (SSSR count). The first-order chi connectivity index (χ1) is 13.4. The van der Waals surface area contributed by atoms with Crippen molar-refractivity contribution < 1.29 is 13.2 Å². The Morgan fingerprint density at radius 1 is 1.25 bits per heavy atom. The van der Waals surface area contributed by atoms with Crippen molar-refractivity contribution in [1.29, 1.82) is 0 Å². The molecule has 1 aromatic heterocycles. The van der Waals surface area contributed by atoms with Crippen molar-refractivity contribution in [3.63, 3.8) is 0 Å². The van der Waals surface area contributed by atoms with Crippen molar-refractivity contribution in [3.05, 3.63) is 52.0 Å². The molecular weight excluding hydrogens is 394 g/mol. The number of nitrogens with zero attached hydrogens (tertiary/aromatic N) is 2. The number of rotatable bonds is 8. The average molecular weight is 422 g/mol. The number of hydrogen-bond donors (Lipinski definition) is 1. The third kappa shape index (κ3) is 6.12. The van der Waals surface area contributed by atoms with Crippen molar-refractivity contribution in [3.8, 4) is 0 Å². The summed E-state index contributed by atoms with van der Waals surface area (Å²) in [5.74, 6) is 0.216. The van der Waals surface area contributed by atoms with Crippen LogP contribution in [0.15, 0.2) is 35.7 Å². The zero-order valence-corrected chi connectivity index (χ0v) is 17.8. The molecule has 1 amide bonds. The van der Waals surface area contributed by atoms with Gasteiger partial charge in [-0.15, -0.1) is 11.3 Å². The number of carbonyl (C=O) groups excluding carboxylic acids is 1. The molecule has 1 aliphatic rings. The van der Waals surface area contributed by atoms with E-state index in [-0.39, 0.29) is 17.7 Å². The Morgan fingerprint density at radius 2 is 1.96 bits per heavy atom. The molecule has 0 unspecified atom stereocenters. The minimum Gasteiger partial charge on any atom is -0.342 e. The summed E-state index contributed by atoms with van der Waals surface area (Å²) in [5.41, 5.74) is 2.02. The van der Waals surface area contributed by atoms with Crippen LogP contribution in [-0.2, 0) is 27.7 Å². The van der Waals surface area contributed by atoms with E-state index >= 15 is 0 Å². The molecule has 0 bridgehead atoms. The lowest BCUT2D eigenvalue weighted by atomic mass is 10.1. The molecule has 0 atom stereocenters. The minimum atomic E-state index is -3.20. The van der Waals surface area contributed by atoms with Crippen LogP contribution in [-0.4, -0.2) is 49.1 Å². The Morgan fingerprint density at radius 3 is 2.64 bits per heavy atom. The number of thiazole rings is 1. The second-order valence-corrected chi connectivity index (χ2v) is 9.98. The van der Waals surface area contributed by atoms with Gasteiger partial charge in [-0.3, -0.25) is 4.79 Å². The molecule has 2 heterocycles. The summed E-state index contributed by atoms with van der Waals surface area (Å²) in [6.07, 6.45) is 3.00. The van der Waals surface area contributed by atoms with Gasteiger partial charge in [0.15, 0.2) is 0 Å². The summed E-state index contributed by atoms with van der Waals surface area (Å²) < 4.78 is 26.5. The Hall–Kier alpha value is -1.77. The van der Waals surface area contributed by atoms with E-state index in [1.165, 1.54) is 5.56 Å². The maximum atomic E-state index is 12.6. The van der Waals surface area contributed by atoms with E-state index in [1.807, 2.05) is 35.4 Å². The SMILES string of the molecule is CCCS(=O)(=O)NC1CCN(C(=O)Cc2csc(Cc3ccccc3)n2)CC1. The van der Waals surface area contributed by atoms with Gasteiger partial charge in [0, 0.05) is 30.9 Å². The van der Waals surface area contributed by atoms with E-state index in [9.17, 15) is 13.2 Å². The smallest absolute Gasteiger partial charge is 0.228 e. The van der Waals surface area contributed by atoms with Crippen LogP contribution in [0.3, 0.4) is 0 Å². The second kappa shape index (κ2) is 9.62. The molecule has 152 valence electrons. The summed E-state index contributed by atoms with van der Waals surface area (Å²) in [6.45, 7) is 3.02. The number of nitrogens with one attached hydrogen (secondary N) is 1. The van der Waals surface area contributed by atoms with Crippen molar-refractivity contribution >= 4 is 27.3 Å². The van der Waals surface area contributed by atoms with E-state index in [0.29, 0.717) is 38.8 Å². The molecule has 1 saturated heterocycles. The number of aromatic nitrogens is 1. The van der Waals surface area contributed by atoms with Gasteiger partial charge < -0.3 is 4.90 Å². The molecule has 0 saturated carbocycles. The number of amides is 1. The van der Waals surface area contributed by atoms with Crippen molar-refractivity contribution in [1.82, 2.24) is 14.6 Å². The first-order valence-electron chi connectivity index (χ1n) is 9.70. The normalized spacial score (nSPS) is 15.7. The quantitative estimate of drug-likeness (QED) is 0.711.